The summed E-state index contributed by atoms with van der Waals surface area (Å²) in [7, 11) is 0. The van der Waals surface area contributed by atoms with Crippen LogP contribution in [-0.2, 0) is 6.54 Å². The number of piperazine rings is 1. The summed E-state index contributed by atoms with van der Waals surface area (Å²) >= 11 is 11.6. The first-order valence-electron chi connectivity index (χ1n) is 8.60. The van der Waals surface area contributed by atoms with Crippen LogP contribution in [0.4, 0.5) is 5.69 Å². The van der Waals surface area contributed by atoms with Gasteiger partial charge in [-0.15, -0.1) is 0 Å². The number of nitrogens with one attached hydrogen (secondary N) is 1. The van der Waals surface area contributed by atoms with Crippen molar-refractivity contribution in [3.8, 4) is 11.5 Å². The first kappa shape index (κ1) is 17.4. The molecule has 136 valence electrons. The summed E-state index contributed by atoms with van der Waals surface area (Å²) < 4.78 is 10.8. The third kappa shape index (κ3) is 4.03. The van der Waals surface area contributed by atoms with Gasteiger partial charge in [0.05, 0.1) is 0 Å². The zero-order valence-electron chi connectivity index (χ0n) is 14.3. The maximum atomic E-state index is 6.03. The number of hydrogen-bond acceptors (Lipinski definition) is 4. The maximum absolute atomic E-state index is 6.03. The first-order valence-corrected chi connectivity index (χ1v) is 9.38. The third-order valence-electron chi connectivity index (χ3n) is 4.58. The molecule has 0 aromatic heterocycles. The Balaban J connectivity index is 1.29. The Morgan fingerprint density at radius 2 is 1.85 bits per heavy atom. The Kier molecular flexibility index (Phi) is 5.15. The molecule has 5 nitrogen and oxygen atoms in total. The summed E-state index contributed by atoms with van der Waals surface area (Å²) in [5.74, 6) is 1.67. The average molecular weight is 390 g/mol. The standard InChI is InChI=1S/C19H20ClN3O2S/c20-15-2-1-3-16(11-15)21-19(26)23-8-6-22(7-9-23)12-14-4-5-17-18(10-14)25-13-24-17/h1-5,10-11H,6-9,12-13H2,(H,21,26). The number of fused-ring (bicyclic) bond motifs is 1. The van der Waals surface area contributed by atoms with E-state index >= 15 is 0 Å². The van der Waals surface area contributed by atoms with Crippen molar-refractivity contribution < 1.29 is 9.47 Å². The summed E-state index contributed by atoms with van der Waals surface area (Å²) in [4.78, 5) is 4.63. The molecule has 26 heavy (non-hydrogen) atoms. The van der Waals surface area contributed by atoms with Gasteiger partial charge >= 0.3 is 0 Å². The summed E-state index contributed by atoms with van der Waals surface area (Å²) in [5.41, 5.74) is 2.16. The van der Waals surface area contributed by atoms with Crippen LogP contribution in [0.5, 0.6) is 11.5 Å². The van der Waals surface area contributed by atoms with E-state index in [2.05, 4.69) is 27.2 Å². The second-order valence-corrected chi connectivity index (χ2v) is 7.21. The van der Waals surface area contributed by atoms with Crippen LogP contribution in [0.15, 0.2) is 42.5 Å². The van der Waals surface area contributed by atoms with Gasteiger partial charge in [0.25, 0.3) is 0 Å². The third-order valence-corrected chi connectivity index (χ3v) is 5.17. The van der Waals surface area contributed by atoms with Gasteiger partial charge in [-0.1, -0.05) is 23.7 Å². The van der Waals surface area contributed by atoms with E-state index in [1.54, 1.807) is 0 Å². The van der Waals surface area contributed by atoms with E-state index in [9.17, 15) is 0 Å². The lowest BCUT2D eigenvalue weighted by Gasteiger charge is -2.36. The van der Waals surface area contributed by atoms with Gasteiger partial charge in [0.1, 0.15) is 0 Å². The summed E-state index contributed by atoms with van der Waals surface area (Å²) in [6, 6.07) is 13.8. The molecule has 2 aliphatic rings. The minimum Gasteiger partial charge on any atom is -0.454 e. The van der Waals surface area contributed by atoms with Gasteiger partial charge in [0.15, 0.2) is 16.6 Å². The highest BCUT2D eigenvalue weighted by atomic mass is 35.5. The van der Waals surface area contributed by atoms with Crippen molar-refractivity contribution in [1.29, 1.82) is 0 Å². The fourth-order valence-corrected chi connectivity index (χ4v) is 3.67. The van der Waals surface area contributed by atoms with Crippen molar-refractivity contribution in [1.82, 2.24) is 9.80 Å². The van der Waals surface area contributed by atoms with E-state index in [-0.39, 0.29) is 0 Å². The Morgan fingerprint density at radius 3 is 2.65 bits per heavy atom. The molecule has 0 saturated carbocycles. The van der Waals surface area contributed by atoms with Gasteiger partial charge < -0.3 is 19.7 Å². The fraction of sp³-hybridized carbons (Fsp3) is 0.316. The Bertz CT molecular complexity index is 809. The molecule has 0 aliphatic carbocycles. The highest BCUT2D eigenvalue weighted by molar-refractivity contribution is 7.80. The second-order valence-electron chi connectivity index (χ2n) is 6.39. The molecule has 0 amide bonds. The first-order chi connectivity index (χ1) is 12.7. The number of benzene rings is 2. The molecular formula is C19H20ClN3O2S. The van der Waals surface area contributed by atoms with Crippen molar-refractivity contribution >= 4 is 34.6 Å². The second kappa shape index (κ2) is 7.70. The zero-order valence-corrected chi connectivity index (χ0v) is 15.9. The highest BCUT2D eigenvalue weighted by Gasteiger charge is 2.20. The lowest BCUT2D eigenvalue weighted by Crippen LogP contribution is -2.49. The summed E-state index contributed by atoms with van der Waals surface area (Å²) in [6.45, 7) is 4.94. The molecular weight excluding hydrogens is 370 g/mol. The summed E-state index contributed by atoms with van der Waals surface area (Å²) in [6.07, 6.45) is 0. The number of hydrogen-bond donors (Lipinski definition) is 1. The van der Waals surface area contributed by atoms with Crippen LogP contribution in [0, 0.1) is 0 Å². The van der Waals surface area contributed by atoms with E-state index in [0.717, 1.165) is 55.0 Å². The van der Waals surface area contributed by atoms with Crippen LogP contribution in [0.2, 0.25) is 5.02 Å². The van der Waals surface area contributed by atoms with Crippen molar-refractivity contribution in [3.05, 3.63) is 53.1 Å². The molecule has 0 unspecified atom stereocenters. The minimum atomic E-state index is 0.314. The van der Waals surface area contributed by atoms with Crippen molar-refractivity contribution in [2.45, 2.75) is 6.54 Å². The number of halogens is 1. The van der Waals surface area contributed by atoms with Crippen molar-refractivity contribution in [2.75, 3.05) is 38.3 Å². The normalized spacial score (nSPS) is 16.6. The van der Waals surface area contributed by atoms with E-state index in [4.69, 9.17) is 33.3 Å². The van der Waals surface area contributed by atoms with Gasteiger partial charge in [-0.25, -0.2) is 0 Å². The molecule has 4 rings (SSSR count). The Labute approximate surface area is 163 Å². The van der Waals surface area contributed by atoms with E-state index in [0.29, 0.717) is 11.8 Å². The molecule has 0 bridgehead atoms. The largest absolute Gasteiger partial charge is 0.454 e. The van der Waals surface area contributed by atoms with Crippen LogP contribution >= 0.6 is 23.8 Å². The SMILES string of the molecule is S=C(Nc1cccc(Cl)c1)N1CCN(Cc2ccc3c(c2)OCO3)CC1. The molecule has 1 N–H and O–H groups in total. The van der Waals surface area contributed by atoms with Crippen molar-refractivity contribution in [3.63, 3.8) is 0 Å². The monoisotopic (exact) mass is 389 g/mol. The van der Waals surface area contributed by atoms with Crippen LogP contribution in [0.1, 0.15) is 5.56 Å². The molecule has 1 fully saturated rings. The quantitative estimate of drug-likeness (QED) is 0.809. The average Bonchev–Trinajstić information content (AvgIpc) is 3.10. The molecule has 7 heteroatoms. The van der Waals surface area contributed by atoms with Crippen LogP contribution < -0.4 is 14.8 Å². The van der Waals surface area contributed by atoms with Gasteiger partial charge in [-0.3, -0.25) is 4.90 Å². The van der Waals surface area contributed by atoms with E-state index in [1.165, 1.54) is 5.56 Å². The van der Waals surface area contributed by atoms with E-state index < -0.39 is 0 Å². The maximum Gasteiger partial charge on any atom is 0.231 e. The molecule has 0 spiro atoms. The van der Waals surface area contributed by atoms with Crippen LogP contribution in [0.25, 0.3) is 0 Å². The molecule has 1 saturated heterocycles. The molecule has 2 heterocycles. The number of anilines is 1. The molecule has 0 atom stereocenters. The predicted molar refractivity (Wildman–Crippen MR) is 107 cm³/mol. The smallest absolute Gasteiger partial charge is 0.231 e. The molecule has 2 aromatic carbocycles. The lowest BCUT2D eigenvalue weighted by atomic mass is 10.1. The highest BCUT2D eigenvalue weighted by Crippen LogP contribution is 2.32. The lowest BCUT2D eigenvalue weighted by molar-refractivity contribution is 0.173. The zero-order chi connectivity index (χ0) is 17.9. The molecule has 2 aliphatic heterocycles. The Morgan fingerprint density at radius 1 is 1.04 bits per heavy atom. The fourth-order valence-electron chi connectivity index (χ4n) is 3.18. The van der Waals surface area contributed by atoms with Crippen LogP contribution in [0.3, 0.4) is 0 Å². The Hall–Kier alpha value is -2.02. The number of thiocarbonyl (C=S) groups is 1. The van der Waals surface area contributed by atoms with Gasteiger partial charge in [-0.2, -0.15) is 0 Å². The van der Waals surface area contributed by atoms with Gasteiger partial charge in [0.2, 0.25) is 6.79 Å². The predicted octanol–water partition coefficient (Wildman–Crippen LogP) is 3.58. The number of ether oxygens (including phenoxy) is 2. The van der Waals surface area contributed by atoms with Gasteiger partial charge in [0, 0.05) is 43.4 Å². The summed E-state index contributed by atoms with van der Waals surface area (Å²) in [5, 5.41) is 4.71. The number of rotatable bonds is 3. The van der Waals surface area contributed by atoms with E-state index in [1.807, 2.05) is 30.3 Å². The minimum absolute atomic E-state index is 0.314. The van der Waals surface area contributed by atoms with Crippen LogP contribution in [-0.4, -0.2) is 47.9 Å². The topological polar surface area (TPSA) is 37.0 Å². The van der Waals surface area contributed by atoms with Gasteiger partial charge in [-0.05, 0) is 48.1 Å². The number of nitrogens with zero attached hydrogens (tertiary/aromatic N) is 2. The van der Waals surface area contributed by atoms with Crippen molar-refractivity contribution in [2.24, 2.45) is 0 Å². The molecule has 2 aromatic rings. The molecule has 0 radical (unpaired) electrons.